The largest absolute Gasteiger partial charge is 0.348 e. The van der Waals surface area contributed by atoms with E-state index < -0.39 is 0 Å². The average Bonchev–Trinajstić information content (AvgIpc) is 2.51. The van der Waals surface area contributed by atoms with Gasteiger partial charge in [-0.15, -0.1) is 0 Å². The van der Waals surface area contributed by atoms with Crippen molar-refractivity contribution in [1.82, 2.24) is 0 Å². The summed E-state index contributed by atoms with van der Waals surface area (Å²) in [5, 5.41) is 0. The summed E-state index contributed by atoms with van der Waals surface area (Å²) < 4.78 is 25.0. The van der Waals surface area contributed by atoms with Crippen molar-refractivity contribution in [1.29, 1.82) is 0 Å². The standard InChI is InChI=1S/C18H19FO2/c1-12-10-20-18(21-11-12)15-7-5-14(6-8-15)16-4-3-13(2)17(19)9-16/h3-9,12,18H,10-11H2,1-2H3. The van der Waals surface area contributed by atoms with E-state index in [1.165, 1.54) is 0 Å². The van der Waals surface area contributed by atoms with Gasteiger partial charge >= 0.3 is 0 Å². The maximum atomic E-state index is 13.6. The van der Waals surface area contributed by atoms with Gasteiger partial charge in [-0.1, -0.05) is 43.3 Å². The van der Waals surface area contributed by atoms with E-state index in [0.717, 1.165) is 29.9 Å². The van der Waals surface area contributed by atoms with Gasteiger partial charge in [0.15, 0.2) is 6.29 Å². The second-order valence-corrected chi connectivity index (χ2v) is 5.69. The van der Waals surface area contributed by atoms with Crippen molar-refractivity contribution in [3.05, 3.63) is 59.4 Å². The van der Waals surface area contributed by atoms with Gasteiger partial charge in [0, 0.05) is 11.5 Å². The minimum absolute atomic E-state index is 0.176. The summed E-state index contributed by atoms with van der Waals surface area (Å²) in [6.45, 7) is 5.30. The van der Waals surface area contributed by atoms with Crippen LogP contribution in [0.4, 0.5) is 4.39 Å². The molecule has 110 valence electrons. The van der Waals surface area contributed by atoms with Crippen LogP contribution in [0.1, 0.15) is 24.3 Å². The summed E-state index contributed by atoms with van der Waals surface area (Å²) in [7, 11) is 0. The van der Waals surface area contributed by atoms with Crippen LogP contribution in [-0.4, -0.2) is 13.2 Å². The van der Waals surface area contributed by atoms with Gasteiger partial charge in [0.05, 0.1) is 13.2 Å². The molecule has 1 aliphatic rings. The van der Waals surface area contributed by atoms with Crippen LogP contribution in [0, 0.1) is 18.7 Å². The second-order valence-electron chi connectivity index (χ2n) is 5.69. The van der Waals surface area contributed by atoms with Crippen molar-refractivity contribution in [2.45, 2.75) is 20.1 Å². The Hall–Kier alpha value is -1.71. The summed E-state index contributed by atoms with van der Waals surface area (Å²) in [6.07, 6.45) is -0.287. The molecule has 2 aromatic rings. The normalized spacial score (nSPS) is 22.2. The maximum Gasteiger partial charge on any atom is 0.183 e. The van der Waals surface area contributed by atoms with E-state index in [1.54, 1.807) is 19.1 Å². The number of benzene rings is 2. The number of aryl methyl sites for hydroxylation is 1. The van der Waals surface area contributed by atoms with Gasteiger partial charge in [0.1, 0.15) is 5.82 Å². The molecule has 3 rings (SSSR count). The average molecular weight is 286 g/mol. The molecule has 0 radical (unpaired) electrons. The summed E-state index contributed by atoms with van der Waals surface area (Å²) in [5.74, 6) is 0.264. The minimum Gasteiger partial charge on any atom is -0.348 e. The SMILES string of the molecule is Cc1ccc(-c2ccc(C3OCC(C)CO3)cc2)cc1F. The van der Waals surface area contributed by atoms with E-state index in [9.17, 15) is 4.39 Å². The topological polar surface area (TPSA) is 18.5 Å². The highest BCUT2D eigenvalue weighted by molar-refractivity contribution is 5.64. The predicted molar refractivity (Wildman–Crippen MR) is 80.4 cm³/mol. The van der Waals surface area contributed by atoms with Crippen molar-refractivity contribution in [3.63, 3.8) is 0 Å². The number of hydrogen-bond acceptors (Lipinski definition) is 2. The molecule has 3 heteroatoms. The molecule has 0 aromatic heterocycles. The molecule has 1 saturated heterocycles. The minimum atomic E-state index is -0.287. The van der Waals surface area contributed by atoms with Crippen LogP contribution in [0.25, 0.3) is 11.1 Å². The summed E-state index contributed by atoms with van der Waals surface area (Å²) in [5.41, 5.74) is 3.53. The molecule has 0 saturated carbocycles. The van der Waals surface area contributed by atoms with Crippen LogP contribution in [-0.2, 0) is 9.47 Å². The number of hydrogen-bond donors (Lipinski definition) is 0. The Bertz CT molecular complexity index is 614. The fourth-order valence-electron chi connectivity index (χ4n) is 2.40. The quantitative estimate of drug-likeness (QED) is 0.810. The first-order valence-electron chi connectivity index (χ1n) is 7.23. The number of halogens is 1. The van der Waals surface area contributed by atoms with Crippen LogP contribution in [0.3, 0.4) is 0 Å². The van der Waals surface area contributed by atoms with Crippen molar-refractivity contribution < 1.29 is 13.9 Å². The third kappa shape index (κ3) is 3.14. The number of rotatable bonds is 2. The third-order valence-corrected chi connectivity index (χ3v) is 3.75. The Labute approximate surface area is 124 Å². The summed E-state index contributed by atoms with van der Waals surface area (Å²) >= 11 is 0. The first-order valence-corrected chi connectivity index (χ1v) is 7.23. The lowest BCUT2D eigenvalue weighted by Crippen LogP contribution is -2.24. The zero-order chi connectivity index (χ0) is 14.8. The monoisotopic (exact) mass is 286 g/mol. The fourth-order valence-corrected chi connectivity index (χ4v) is 2.40. The fraction of sp³-hybridized carbons (Fsp3) is 0.333. The lowest BCUT2D eigenvalue weighted by Gasteiger charge is -2.27. The van der Waals surface area contributed by atoms with E-state index in [-0.39, 0.29) is 12.1 Å². The molecule has 0 amide bonds. The predicted octanol–water partition coefficient (Wildman–Crippen LogP) is 4.48. The van der Waals surface area contributed by atoms with Crippen LogP contribution in [0.5, 0.6) is 0 Å². The Morgan fingerprint density at radius 3 is 2.19 bits per heavy atom. The molecule has 0 unspecified atom stereocenters. The smallest absolute Gasteiger partial charge is 0.183 e. The maximum absolute atomic E-state index is 13.6. The van der Waals surface area contributed by atoms with Crippen molar-refractivity contribution >= 4 is 0 Å². The van der Waals surface area contributed by atoms with E-state index in [1.807, 2.05) is 30.3 Å². The Morgan fingerprint density at radius 1 is 0.952 bits per heavy atom. The Kier molecular flexibility index (Phi) is 4.04. The van der Waals surface area contributed by atoms with E-state index in [0.29, 0.717) is 11.5 Å². The molecular weight excluding hydrogens is 267 g/mol. The van der Waals surface area contributed by atoms with Gasteiger partial charge in [-0.3, -0.25) is 0 Å². The molecule has 1 fully saturated rings. The molecule has 0 atom stereocenters. The first kappa shape index (κ1) is 14.2. The van der Waals surface area contributed by atoms with E-state index >= 15 is 0 Å². The van der Waals surface area contributed by atoms with Gasteiger partial charge in [-0.05, 0) is 29.7 Å². The van der Waals surface area contributed by atoms with Gasteiger partial charge in [0.2, 0.25) is 0 Å². The zero-order valence-corrected chi connectivity index (χ0v) is 12.3. The highest BCUT2D eigenvalue weighted by Gasteiger charge is 2.20. The Balaban J connectivity index is 1.79. The first-order chi connectivity index (χ1) is 10.1. The second kappa shape index (κ2) is 5.96. The van der Waals surface area contributed by atoms with Crippen molar-refractivity contribution in [3.8, 4) is 11.1 Å². The van der Waals surface area contributed by atoms with Gasteiger partial charge in [0.25, 0.3) is 0 Å². The highest BCUT2D eigenvalue weighted by Crippen LogP contribution is 2.28. The third-order valence-electron chi connectivity index (χ3n) is 3.75. The summed E-state index contributed by atoms with van der Waals surface area (Å²) in [4.78, 5) is 0. The molecule has 1 aliphatic heterocycles. The highest BCUT2D eigenvalue weighted by atomic mass is 19.1. The molecule has 0 bridgehead atoms. The van der Waals surface area contributed by atoms with Crippen LogP contribution < -0.4 is 0 Å². The molecule has 0 N–H and O–H groups in total. The van der Waals surface area contributed by atoms with E-state index in [4.69, 9.17) is 9.47 Å². The Morgan fingerprint density at radius 2 is 1.57 bits per heavy atom. The van der Waals surface area contributed by atoms with Crippen molar-refractivity contribution in [2.75, 3.05) is 13.2 Å². The molecule has 1 heterocycles. The molecule has 21 heavy (non-hydrogen) atoms. The van der Waals surface area contributed by atoms with Gasteiger partial charge in [-0.25, -0.2) is 4.39 Å². The van der Waals surface area contributed by atoms with Gasteiger partial charge < -0.3 is 9.47 Å². The number of ether oxygens (including phenoxy) is 2. The molecule has 2 nitrogen and oxygen atoms in total. The molecule has 2 aromatic carbocycles. The molecule has 0 spiro atoms. The molecule has 0 aliphatic carbocycles. The van der Waals surface area contributed by atoms with Crippen LogP contribution in [0.2, 0.25) is 0 Å². The zero-order valence-electron chi connectivity index (χ0n) is 12.3. The van der Waals surface area contributed by atoms with Crippen LogP contribution in [0.15, 0.2) is 42.5 Å². The van der Waals surface area contributed by atoms with E-state index in [2.05, 4.69) is 6.92 Å². The summed E-state index contributed by atoms with van der Waals surface area (Å²) in [6, 6.07) is 13.2. The lowest BCUT2D eigenvalue weighted by molar-refractivity contribution is -0.202. The van der Waals surface area contributed by atoms with Crippen LogP contribution >= 0.6 is 0 Å². The molecular formula is C18H19FO2. The van der Waals surface area contributed by atoms with Crippen molar-refractivity contribution in [2.24, 2.45) is 5.92 Å². The lowest BCUT2D eigenvalue weighted by atomic mass is 10.0. The van der Waals surface area contributed by atoms with Gasteiger partial charge in [-0.2, -0.15) is 0 Å².